The van der Waals surface area contributed by atoms with Crippen molar-refractivity contribution in [2.75, 3.05) is 26.8 Å². The van der Waals surface area contributed by atoms with Crippen LogP contribution in [0.4, 0.5) is 0 Å². The second-order valence-corrected chi connectivity index (χ2v) is 6.20. The molecule has 128 valence electrons. The highest BCUT2D eigenvalue weighted by Gasteiger charge is 2.15. The summed E-state index contributed by atoms with van der Waals surface area (Å²) in [5.74, 6) is 0.127. The van der Waals surface area contributed by atoms with Gasteiger partial charge in [-0.3, -0.25) is 13.9 Å². The molecule has 0 spiro atoms. The van der Waals surface area contributed by atoms with Crippen LogP contribution in [0, 0.1) is 0 Å². The van der Waals surface area contributed by atoms with Crippen LogP contribution in [-0.2, 0) is 34.0 Å². The second-order valence-electron chi connectivity index (χ2n) is 3.94. The Morgan fingerprint density at radius 3 is 2.09 bits per heavy atom. The van der Waals surface area contributed by atoms with Crippen LogP contribution in [0.2, 0.25) is 0 Å². The van der Waals surface area contributed by atoms with Crippen LogP contribution in [0.15, 0.2) is 23.9 Å². The lowest BCUT2D eigenvalue weighted by Crippen LogP contribution is -2.24. The molecule has 0 aromatic carbocycles. The van der Waals surface area contributed by atoms with Crippen LogP contribution >= 0.6 is 0 Å². The van der Waals surface area contributed by atoms with Gasteiger partial charge in [0, 0.05) is 32.0 Å². The van der Waals surface area contributed by atoms with E-state index in [1.54, 1.807) is 14.0 Å². The van der Waals surface area contributed by atoms with Gasteiger partial charge in [0.05, 0.1) is 6.61 Å². The third kappa shape index (κ3) is 11.4. The maximum atomic E-state index is 11.0. The van der Waals surface area contributed by atoms with Crippen molar-refractivity contribution in [1.29, 1.82) is 0 Å². The molecule has 0 unspecified atom stereocenters. The summed E-state index contributed by atoms with van der Waals surface area (Å²) < 4.78 is 60.5. The first-order chi connectivity index (χ1) is 9.94. The molecule has 0 amide bonds. The van der Waals surface area contributed by atoms with Crippen molar-refractivity contribution < 1.29 is 39.1 Å². The molecule has 0 saturated heterocycles. The van der Waals surface area contributed by atoms with E-state index in [-0.39, 0.29) is 5.78 Å². The Kier molecular flexibility index (Phi) is 8.44. The van der Waals surface area contributed by atoms with Gasteiger partial charge in [0.2, 0.25) is 0 Å². The number of hydrogen-bond acceptors (Lipinski definition) is 8. The molecule has 10 nitrogen and oxygen atoms in total. The van der Waals surface area contributed by atoms with E-state index in [9.17, 15) is 21.6 Å². The predicted molar refractivity (Wildman–Crippen MR) is 75.5 cm³/mol. The fraction of sp³-hybridized carbons (Fsp3) is 0.500. The van der Waals surface area contributed by atoms with Crippen molar-refractivity contribution in [3.05, 3.63) is 23.9 Å². The lowest BCUT2D eigenvalue weighted by molar-refractivity contribution is -0.113. The molecule has 1 aliphatic heterocycles. The lowest BCUT2D eigenvalue weighted by Gasteiger charge is -2.21. The summed E-state index contributed by atoms with van der Waals surface area (Å²) in [6.07, 6.45) is 5.73. The highest BCUT2D eigenvalue weighted by molar-refractivity contribution is 7.94. The zero-order chi connectivity index (χ0) is 17.4. The smallest absolute Gasteiger partial charge is 0.383 e. The molecule has 1 heterocycles. The van der Waals surface area contributed by atoms with Gasteiger partial charge in [-0.25, -0.2) is 0 Å². The number of carbonyl (C=O) groups is 1. The van der Waals surface area contributed by atoms with Crippen LogP contribution in [0.5, 0.6) is 0 Å². The van der Waals surface area contributed by atoms with Gasteiger partial charge >= 0.3 is 20.8 Å². The van der Waals surface area contributed by atoms with Crippen LogP contribution in [-0.4, -0.2) is 63.4 Å². The van der Waals surface area contributed by atoms with E-state index in [1.807, 2.05) is 18.4 Å². The summed E-state index contributed by atoms with van der Waals surface area (Å²) in [5, 5.41) is 0. The maximum absolute atomic E-state index is 11.0. The largest absolute Gasteiger partial charge is 0.413 e. The first kappa shape index (κ1) is 20.7. The quantitative estimate of drug-likeness (QED) is 0.599. The summed E-state index contributed by atoms with van der Waals surface area (Å²) in [4.78, 5) is 13.1. The monoisotopic (exact) mass is 359 g/mol. The Morgan fingerprint density at radius 2 is 1.82 bits per heavy atom. The average molecular weight is 359 g/mol. The van der Waals surface area contributed by atoms with Crippen molar-refractivity contribution in [2.45, 2.75) is 6.92 Å². The Bertz CT molecular complexity index is 603. The Hall–Kier alpha value is -1.31. The molecule has 22 heavy (non-hydrogen) atoms. The molecule has 0 aliphatic carbocycles. The third-order valence-electron chi connectivity index (χ3n) is 2.17. The Labute approximate surface area is 128 Å². The van der Waals surface area contributed by atoms with Crippen LogP contribution < -0.4 is 0 Å². The van der Waals surface area contributed by atoms with Gasteiger partial charge < -0.3 is 9.64 Å². The molecule has 0 bridgehead atoms. The number of hydrogen-bond donors (Lipinski definition) is 2. The van der Waals surface area contributed by atoms with Crippen LogP contribution in [0.1, 0.15) is 6.92 Å². The normalized spacial score (nSPS) is 14.9. The summed E-state index contributed by atoms with van der Waals surface area (Å²) >= 11 is 0. The molecule has 12 heteroatoms. The van der Waals surface area contributed by atoms with Gasteiger partial charge in [-0.15, -0.1) is 3.63 Å². The molecule has 2 N–H and O–H groups in total. The zero-order valence-corrected chi connectivity index (χ0v) is 13.5. The summed E-state index contributed by atoms with van der Waals surface area (Å²) in [7, 11) is -8.55. The molecule has 0 aromatic heterocycles. The van der Waals surface area contributed by atoms with Crippen molar-refractivity contribution in [1.82, 2.24) is 4.90 Å². The van der Waals surface area contributed by atoms with Crippen molar-refractivity contribution in [3.8, 4) is 0 Å². The standard InChI is InChI=1S/C10H15NO2.H2O7S2/c1-9(12)10-3-5-11(6-4-10)7-8-13-2;1-8(2,3)7-9(4,5)6/h3-5H,6-8H2,1-2H3;(H,1,2,3)(H,4,5,6). The number of ketones is 1. The molecule has 1 aliphatic rings. The Balaban J connectivity index is 0.000000433. The van der Waals surface area contributed by atoms with Gasteiger partial charge in [0.25, 0.3) is 0 Å². The molecule has 0 atom stereocenters. The van der Waals surface area contributed by atoms with Crippen LogP contribution in [0.3, 0.4) is 0 Å². The number of allylic oxidation sites excluding steroid dienone is 2. The topological polar surface area (TPSA) is 148 Å². The number of nitrogens with zero attached hydrogens (tertiary/aromatic N) is 1. The van der Waals surface area contributed by atoms with E-state index in [2.05, 4.69) is 8.53 Å². The minimum atomic E-state index is -5.12. The molecule has 0 saturated carbocycles. The SMILES string of the molecule is COCCN1C=CC(C(C)=O)=CC1.O=S(=O)(O)OS(=O)(=O)O. The minimum Gasteiger partial charge on any atom is -0.383 e. The lowest BCUT2D eigenvalue weighted by atomic mass is 10.1. The Morgan fingerprint density at radius 1 is 1.27 bits per heavy atom. The molecule has 0 aromatic rings. The highest BCUT2D eigenvalue weighted by atomic mass is 32.3. The van der Waals surface area contributed by atoms with Gasteiger partial charge in [0.15, 0.2) is 5.78 Å². The number of carbonyl (C=O) groups excluding carboxylic acids is 1. The fourth-order valence-corrected chi connectivity index (χ4v) is 2.14. The first-order valence-electron chi connectivity index (χ1n) is 5.73. The highest BCUT2D eigenvalue weighted by Crippen LogP contribution is 2.07. The number of Topliss-reactive ketones (excluding diaryl/α,β-unsaturated/α-hetero) is 1. The number of rotatable bonds is 6. The van der Waals surface area contributed by atoms with E-state index in [1.165, 1.54) is 0 Å². The first-order valence-corrected chi connectivity index (χ1v) is 8.46. The maximum Gasteiger partial charge on any atom is 0.413 e. The molecule has 1 rings (SSSR count). The van der Waals surface area contributed by atoms with E-state index in [0.29, 0.717) is 6.61 Å². The van der Waals surface area contributed by atoms with Gasteiger partial charge in [0.1, 0.15) is 0 Å². The predicted octanol–water partition coefficient (Wildman–Crippen LogP) is -0.414. The van der Waals surface area contributed by atoms with Crippen LogP contribution in [0.25, 0.3) is 0 Å². The van der Waals surface area contributed by atoms with Gasteiger partial charge in [-0.1, -0.05) is 6.08 Å². The number of ether oxygens (including phenoxy) is 1. The molecular weight excluding hydrogens is 342 g/mol. The average Bonchev–Trinajstić information content (AvgIpc) is 2.33. The van der Waals surface area contributed by atoms with Crippen molar-refractivity contribution in [2.24, 2.45) is 0 Å². The molecular formula is C10H17NO9S2. The van der Waals surface area contributed by atoms with E-state index in [4.69, 9.17) is 13.8 Å². The molecule has 0 radical (unpaired) electrons. The third-order valence-corrected chi connectivity index (χ3v) is 3.55. The fourth-order valence-electron chi connectivity index (χ4n) is 1.27. The second kappa shape index (κ2) is 8.97. The summed E-state index contributed by atoms with van der Waals surface area (Å²) in [6, 6.07) is 0. The summed E-state index contributed by atoms with van der Waals surface area (Å²) in [5.41, 5.74) is 0.800. The zero-order valence-electron chi connectivity index (χ0n) is 11.9. The van der Waals surface area contributed by atoms with Gasteiger partial charge in [-0.2, -0.15) is 16.8 Å². The summed E-state index contributed by atoms with van der Waals surface area (Å²) in [6.45, 7) is 3.97. The van der Waals surface area contributed by atoms with Crippen molar-refractivity contribution >= 4 is 26.6 Å². The van der Waals surface area contributed by atoms with Gasteiger partial charge in [-0.05, 0) is 13.0 Å². The number of methoxy groups -OCH3 is 1. The van der Waals surface area contributed by atoms with E-state index >= 15 is 0 Å². The van der Waals surface area contributed by atoms with E-state index in [0.717, 1.165) is 18.7 Å². The van der Waals surface area contributed by atoms with E-state index < -0.39 is 20.8 Å². The molecule has 0 fully saturated rings. The van der Waals surface area contributed by atoms with Crippen molar-refractivity contribution in [3.63, 3.8) is 0 Å². The minimum absolute atomic E-state index is 0.127.